The van der Waals surface area contributed by atoms with E-state index in [1.54, 1.807) is 12.1 Å². The maximum atomic E-state index is 13.2. The van der Waals surface area contributed by atoms with Gasteiger partial charge in [0.05, 0.1) is 0 Å². The van der Waals surface area contributed by atoms with E-state index < -0.39 is 11.9 Å². The summed E-state index contributed by atoms with van der Waals surface area (Å²) < 4.78 is 18.4. The lowest BCUT2D eigenvalue weighted by atomic mass is 10.2. The van der Waals surface area contributed by atoms with Crippen LogP contribution in [-0.2, 0) is 0 Å². The van der Waals surface area contributed by atoms with Crippen molar-refractivity contribution in [1.29, 1.82) is 0 Å². The fourth-order valence-corrected chi connectivity index (χ4v) is 1.37. The van der Waals surface area contributed by atoms with E-state index >= 15 is 0 Å². The van der Waals surface area contributed by atoms with Crippen molar-refractivity contribution in [2.24, 2.45) is 5.92 Å². The number of aliphatic hydroxyl groups is 2. The van der Waals surface area contributed by atoms with E-state index in [0.29, 0.717) is 13.1 Å². The molecule has 2 unspecified atom stereocenters. The van der Waals surface area contributed by atoms with Gasteiger partial charge in [-0.2, -0.15) is 0 Å². The molecule has 2 atom stereocenters. The second-order valence-corrected chi connectivity index (χ2v) is 4.34. The van der Waals surface area contributed by atoms with Gasteiger partial charge in [-0.25, -0.2) is 4.39 Å². The van der Waals surface area contributed by atoms with Crippen molar-refractivity contribution in [2.75, 3.05) is 26.3 Å². The first-order valence-corrected chi connectivity index (χ1v) is 6.00. The van der Waals surface area contributed by atoms with Gasteiger partial charge in [-0.15, -0.1) is 0 Å². The normalized spacial score (nSPS) is 14.2. The zero-order valence-corrected chi connectivity index (χ0v) is 10.5. The fraction of sp³-hybridized carbons (Fsp3) is 0.538. The van der Waals surface area contributed by atoms with Gasteiger partial charge in [0.25, 0.3) is 0 Å². The van der Waals surface area contributed by atoms with Gasteiger partial charge in [-0.3, -0.25) is 0 Å². The van der Waals surface area contributed by atoms with E-state index in [1.165, 1.54) is 12.1 Å². The first kappa shape index (κ1) is 14.9. The monoisotopic (exact) mass is 257 g/mol. The van der Waals surface area contributed by atoms with Crippen LogP contribution in [0.1, 0.15) is 6.92 Å². The van der Waals surface area contributed by atoms with Gasteiger partial charge >= 0.3 is 0 Å². The number of nitrogens with one attached hydrogen (secondary N) is 1. The Morgan fingerprint density at radius 1 is 1.33 bits per heavy atom. The van der Waals surface area contributed by atoms with Crippen LogP contribution >= 0.6 is 0 Å². The summed E-state index contributed by atoms with van der Waals surface area (Å²) in [5, 5.41) is 21.4. The molecule has 0 amide bonds. The third kappa shape index (κ3) is 5.44. The summed E-state index contributed by atoms with van der Waals surface area (Å²) in [5.41, 5.74) is 0. The molecule has 18 heavy (non-hydrogen) atoms. The highest BCUT2D eigenvalue weighted by atomic mass is 19.1. The van der Waals surface area contributed by atoms with Gasteiger partial charge in [0.15, 0.2) is 11.6 Å². The number of hydrogen-bond donors (Lipinski definition) is 3. The predicted octanol–water partition coefficient (Wildman–Crippen LogP) is 0.783. The second kappa shape index (κ2) is 8.02. The van der Waals surface area contributed by atoms with Crippen molar-refractivity contribution < 1.29 is 19.3 Å². The van der Waals surface area contributed by atoms with Crippen LogP contribution in [0.2, 0.25) is 0 Å². The average Bonchev–Trinajstić information content (AvgIpc) is 2.37. The number of rotatable bonds is 8. The molecule has 5 heteroatoms. The first-order valence-electron chi connectivity index (χ1n) is 6.00. The van der Waals surface area contributed by atoms with E-state index in [-0.39, 0.29) is 24.9 Å². The van der Waals surface area contributed by atoms with Gasteiger partial charge < -0.3 is 20.3 Å². The fourth-order valence-electron chi connectivity index (χ4n) is 1.37. The van der Waals surface area contributed by atoms with Crippen molar-refractivity contribution in [3.05, 3.63) is 30.1 Å². The highest BCUT2D eigenvalue weighted by Gasteiger charge is 2.08. The molecule has 4 nitrogen and oxygen atoms in total. The molecule has 0 spiro atoms. The molecule has 0 aliphatic heterocycles. The van der Waals surface area contributed by atoms with E-state index in [4.69, 9.17) is 9.84 Å². The van der Waals surface area contributed by atoms with Crippen LogP contribution in [0.25, 0.3) is 0 Å². The number of halogens is 1. The van der Waals surface area contributed by atoms with Crippen LogP contribution in [0.4, 0.5) is 4.39 Å². The lowest BCUT2D eigenvalue weighted by Gasteiger charge is -2.15. The molecular formula is C13H20FNO3. The molecule has 3 N–H and O–H groups in total. The molecule has 0 saturated carbocycles. The Morgan fingerprint density at radius 2 is 2.06 bits per heavy atom. The van der Waals surface area contributed by atoms with Crippen LogP contribution in [0, 0.1) is 11.7 Å². The van der Waals surface area contributed by atoms with Crippen LogP contribution in [0.3, 0.4) is 0 Å². The van der Waals surface area contributed by atoms with Crippen molar-refractivity contribution in [2.45, 2.75) is 13.0 Å². The van der Waals surface area contributed by atoms with E-state index in [9.17, 15) is 9.50 Å². The number of para-hydroxylation sites is 1. The summed E-state index contributed by atoms with van der Waals surface area (Å²) in [6.07, 6.45) is -0.713. The van der Waals surface area contributed by atoms with Gasteiger partial charge in [0.2, 0.25) is 0 Å². The summed E-state index contributed by atoms with van der Waals surface area (Å²) in [7, 11) is 0. The molecule has 0 saturated heterocycles. The summed E-state index contributed by atoms with van der Waals surface area (Å²) in [4.78, 5) is 0. The van der Waals surface area contributed by atoms with Gasteiger partial charge in [-0.1, -0.05) is 19.1 Å². The van der Waals surface area contributed by atoms with E-state index in [0.717, 1.165) is 0 Å². The Morgan fingerprint density at radius 3 is 2.72 bits per heavy atom. The van der Waals surface area contributed by atoms with Crippen LogP contribution in [-0.4, -0.2) is 42.6 Å². The van der Waals surface area contributed by atoms with E-state index in [1.807, 2.05) is 6.92 Å². The van der Waals surface area contributed by atoms with Gasteiger partial charge in [0.1, 0.15) is 12.7 Å². The van der Waals surface area contributed by atoms with Crippen LogP contribution in [0.15, 0.2) is 24.3 Å². The molecule has 1 aromatic carbocycles. The molecule has 0 heterocycles. The lowest BCUT2D eigenvalue weighted by Crippen LogP contribution is -2.34. The van der Waals surface area contributed by atoms with Crippen LogP contribution in [0.5, 0.6) is 5.75 Å². The molecule has 1 rings (SSSR count). The summed E-state index contributed by atoms with van der Waals surface area (Å²) in [5.74, 6) is -0.156. The van der Waals surface area contributed by atoms with Crippen molar-refractivity contribution in [3.63, 3.8) is 0 Å². The smallest absolute Gasteiger partial charge is 0.165 e. The zero-order chi connectivity index (χ0) is 13.4. The number of hydrogen-bond acceptors (Lipinski definition) is 4. The van der Waals surface area contributed by atoms with Gasteiger partial charge in [0, 0.05) is 13.2 Å². The first-order chi connectivity index (χ1) is 8.63. The number of benzene rings is 1. The Labute approximate surface area is 106 Å². The molecule has 1 aromatic rings. The third-order valence-electron chi connectivity index (χ3n) is 2.45. The maximum absolute atomic E-state index is 13.2. The standard InChI is InChI=1S/C13H20FNO3/c1-10(8-16)6-15-7-11(17)9-18-13-5-3-2-4-12(13)14/h2-5,10-11,15-17H,6-9H2,1H3. The zero-order valence-electron chi connectivity index (χ0n) is 10.5. The number of aliphatic hydroxyl groups excluding tert-OH is 2. The maximum Gasteiger partial charge on any atom is 0.165 e. The highest BCUT2D eigenvalue weighted by Crippen LogP contribution is 2.15. The molecule has 0 aliphatic carbocycles. The molecule has 0 fully saturated rings. The van der Waals surface area contributed by atoms with Crippen molar-refractivity contribution >= 4 is 0 Å². The SMILES string of the molecule is CC(CO)CNCC(O)COc1ccccc1F. The summed E-state index contributed by atoms with van der Waals surface area (Å²) in [6, 6.07) is 6.08. The Bertz CT molecular complexity index is 349. The number of ether oxygens (including phenoxy) is 1. The van der Waals surface area contributed by atoms with E-state index in [2.05, 4.69) is 5.32 Å². The Hall–Kier alpha value is -1.17. The minimum absolute atomic E-state index is 0.0292. The largest absolute Gasteiger partial charge is 0.488 e. The highest BCUT2D eigenvalue weighted by molar-refractivity contribution is 5.23. The average molecular weight is 257 g/mol. The molecule has 0 bridgehead atoms. The summed E-state index contributed by atoms with van der Waals surface area (Å²) >= 11 is 0. The Balaban J connectivity index is 2.21. The molecule has 0 aromatic heterocycles. The quantitative estimate of drug-likeness (QED) is 0.644. The van der Waals surface area contributed by atoms with Crippen LogP contribution < -0.4 is 10.1 Å². The van der Waals surface area contributed by atoms with Gasteiger partial charge in [-0.05, 0) is 24.6 Å². The second-order valence-electron chi connectivity index (χ2n) is 4.34. The minimum Gasteiger partial charge on any atom is -0.488 e. The molecule has 0 radical (unpaired) electrons. The predicted molar refractivity (Wildman–Crippen MR) is 67.0 cm³/mol. The lowest BCUT2D eigenvalue weighted by molar-refractivity contribution is 0.102. The third-order valence-corrected chi connectivity index (χ3v) is 2.45. The van der Waals surface area contributed by atoms with Crippen molar-refractivity contribution in [1.82, 2.24) is 5.32 Å². The van der Waals surface area contributed by atoms with Crippen molar-refractivity contribution in [3.8, 4) is 5.75 Å². The molecule has 0 aliphatic rings. The topological polar surface area (TPSA) is 61.7 Å². The molecule has 102 valence electrons. The molecular weight excluding hydrogens is 237 g/mol. The summed E-state index contributed by atoms with van der Waals surface area (Å²) in [6.45, 7) is 3.00. The Kier molecular flexibility index (Phi) is 6.64. The minimum atomic E-state index is -0.713.